The van der Waals surface area contributed by atoms with Gasteiger partial charge in [-0.25, -0.2) is 0 Å². The molecule has 0 saturated heterocycles. The molecule has 1 aliphatic carbocycles. The van der Waals surface area contributed by atoms with E-state index in [1.807, 2.05) is 19.3 Å². The Morgan fingerprint density at radius 1 is 1.47 bits per heavy atom. The van der Waals surface area contributed by atoms with E-state index in [1.165, 1.54) is 18.5 Å². The number of hydrogen-bond acceptors (Lipinski definition) is 2. The van der Waals surface area contributed by atoms with Crippen molar-refractivity contribution in [2.45, 2.75) is 44.4 Å². The summed E-state index contributed by atoms with van der Waals surface area (Å²) in [6.07, 6.45) is 6.36. The Morgan fingerprint density at radius 2 is 2.27 bits per heavy atom. The van der Waals surface area contributed by atoms with Crippen LogP contribution in [0.4, 0.5) is 0 Å². The fourth-order valence-corrected chi connectivity index (χ4v) is 2.27. The molecule has 1 aromatic rings. The van der Waals surface area contributed by atoms with Crippen LogP contribution in [0.2, 0.25) is 0 Å². The molecule has 1 fully saturated rings. The SMILES string of the molecule is Cn1cccc1CN[C@H]1CCCC[C@H]1O. The summed E-state index contributed by atoms with van der Waals surface area (Å²) >= 11 is 0. The van der Waals surface area contributed by atoms with Gasteiger partial charge in [-0.1, -0.05) is 12.8 Å². The molecule has 84 valence electrons. The molecule has 1 aliphatic rings. The van der Waals surface area contributed by atoms with Crippen molar-refractivity contribution in [2.24, 2.45) is 7.05 Å². The van der Waals surface area contributed by atoms with Gasteiger partial charge in [-0.3, -0.25) is 0 Å². The maximum atomic E-state index is 9.80. The summed E-state index contributed by atoms with van der Waals surface area (Å²) in [5.74, 6) is 0. The minimum atomic E-state index is -0.154. The molecule has 0 amide bonds. The van der Waals surface area contributed by atoms with Gasteiger partial charge >= 0.3 is 0 Å². The van der Waals surface area contributed by atoms with Gasteiger partial charge in [0.05, 0.1) is 6.10 Å². The van der Waals surface area contributed by atoms with Gasteiger partial charge in [0, 0.05) is 31.5 Å². The quantitative estimate of drug-likeness (QED) is 0.788. The average Bonchev–Trinajstić information content (AvgIpc) is 2.63. The standard InChI is InChI=1S/C12H20N2O/c1-14-8-4-5-10(14)9-13-11-6-2-3-7-12(11)15/h4-5,8,11-13,15H,2-3,6-7,9H2,1H3/t11-,12+/m0/s1. The number of nitrogens with zero attached hydrogens (tertiary/aromatic N) is 1. The molecule has 2 N–H and O–H groups in total. The molecule has 1 saturated carbocycles. The van der Waals surface area contributed by atoms with Crippen molar-refractivity contribution in [3.8, 4) is 0 Å². The van der Waals surface area contributed by atoms with Crippen molar-refractivity contribution < 1.29 is 5.11 Å². The summed E-state index contributed by atoms with van der Waals surface area (Å²) in [7, 11) is 2.05. The van der Waals surface area contributed by atoms with Crippen LogP contribution in [0.1, 0.15) is 31.4 Å². The van der Waals surface area contributed by atoms with Crippen molar-refractivity contribution in [1.29, 1.82) is 0 Å². The van der Waals surface area contributed by atoms with Crippen LogP contribution < -0.4 is 5.32 Å². The van der Waals surface area contributed by atoms with Crippen molar-refractivity contribution in [1.82, 2.24) is 9.88 Å². The summed E-state index contributed by atoms with van der Waals surface area (Å²) in [4.78, 5) is 0. The van der Waals surface area contributed by atoms with Crippen LogP contribution in [-0.2, 0) is 13.6 Å². The van der Waals surface area contributed by atoms with Gasteiger partial charge in [0.2, 0.25) is 0 Å². The van der Waals surface area contributed by atoms with Crippen LogP contribution in [0.25, 0.3) is 0 Å². The molecular formula is C12H20N2O. The zero-order valence-electron chi connectivity index (χ0n) is 9.32. The maximum absolute atomic E-state index is 9.80. The maximum Gasteiger partial charge on any atom is 0.0693 e. The molecule has 1 aromatic heterocycles. The largest absolute Gasteiger partial charge is 0.392 e. The molecule has 2 atom stereocenters. The van der Waals surface area contributed by atoms with Gasteiger partial charge in [-0.05, 0) is 25.0 Å². The van der Waals surface area contributed by atoms with Crippen LogP contribution in [0.15, 0.2) is 18.3 Å². The number of rotatable bonds is 3. The summed E-state index contributed by atoms with van der Waals surface area (Å²) < 4.78 is 2.11. The van der Waals surface area contributed by atoms with Gasteiger partial charge in [0.1, 0.15) is 0 Å². The Labute approximate surface area is 91.1 Å². The first kappa shape index (κ1) is 10.7. The first-order valence-electron chi connectivity index (χ1n) is 5.79. The molecule has 0 aromatic carbocycles. The minimum Gasteiger partial charge on any atom is -0.392 e. The highest BCUT2D eigenvalue weighted by Gasteiger charge is 2.22. The molecule has 0 spiro atoms. The lowest BCUT2D eigenvalue weighted by molar-refractivity contribution is 0.0900. The van der Waals surface area contributed by atoms with Crippen LogP contribution >= 0.6 is 0 Å². The Morgan fingerprint density at radius 3 is 2.93 bits per heavy atom. The van der Waals surface area contributed by atoms with Crippen LogP contribution in [0.3, 0.4) is 0 Å². The number of aromatic nitrogens is 1. The van der Waals surface area contributed by atoms with Gasteiger partial charge < -0.3 is 15.0 Å². The molecule has 2 rings (SSSR count). The topological polar surface area (TPSA) is 37.2 Å². The second kappa shape index (κ2) is 4.81. The third-order valence-corrected chi connectivity index (χ3v) is 3.33. The van der Waals surface area contributed by atoms with Gasteiger partial charge in [-0.15, -0.1) is 0 Å². The Hall–Kier alpha value is -0.800. The van der Waals surface area contributed by atoms with Crippen LogP contribution in [0.5, 0.6) is 0 Å². The van der Waals surface area contributed by atoms with Gasteiger partial charge in [0.25, 0.3) is 0 Å². The van der Waals surface area contributed by atoms with E-state index in [4.69, 9.17) is 0 Å². The summed E-state index contributed by atoms with van der Waals surface area (Å²) in [6.45, 7) is 0.852. The van der Waals surface area contributed by atoms with Gasteiger partial charge in [-0.2, -0.15) is 0 Å². The number of aliphatic hydroxyl groups excluding tert-OH is 1. The lowest BCUT2D eigenvalue weighted by atomic mass is 9.92. The molecular weight excluding hydrogens is 188 g/mol. The number of aliphatic hydroxyl groups is 1. The molecule has 0 bridgehead atoms. The smallest absolute Gasteiger partial charge is 0.0693 e. The Kier molecular flexibility index (Phi) is 3.44. The van der Waals surface area contributed by atoms with E-state index >= 15 is 0 Å². The summed E-state index contributed by atoms with van der Waals surface area (Å²) in [6, 6.07) is 4.45. The van der Waals surface area contributed by atoms with Crippen molar-refractivity contribution >= 4 is 0 Å². The van der Waals surface area contributed by atoms with Crippen molar-refractivity contribution in [2.75, 3.05) is 0 Å². The Bertz CT molecular complexity index is 308. The predicted octanol–water partition coefficient (Wildman–Crippen LogP) is 1.42. The van der Waals surface area contributed by atoms with E-state index in [9.17, 15) is 5.11 Å². The van der Waals surface area contributed by atoms with Gasteiger partial charge in [0.15, 0.2) is 0 Å². The molecule has 0 aliphatic heterocycles. The minimum absolute atomic E-state index is 0.154. The van der Waals surface area contributed by atoms with E-state index in [-0.39, 0.29) is 12.1 Å². The molecule has 3 nitrogen and oxygen atoms in total. The third-order valence-electron chi connectivity index (χ3n) is 3.33. The fourth-order valence-electron chi connectivity index (χ4n) is 2.27. The lowest BCUT2D eigenvalue weighted by Gasteiger charge is -2.28. The van der Waals surface area contributed by atoms with E-state index in [0.717, 1.165) is 19.4 Å². The highest BCUT2D eigenvalue weighted by molar-refractivity contribution is 5.06. The number of nitrogens with one attached hydrogen (secondary N) is 1. The second-order valence-corrected chi connectivity index (χ2v) is 4.45. The first-order valence-corrected chi connectivity index (χ1v) is 5.79. The molecule has 15 heavy (non-hydrogen) atoms. The van der Waals surface area contributed by atoms with Crippen molar-refractivity contribution in [3.05, 3.63) is 24.0 Å². The van der Waals surface area contributed by atoms with Crippen LogP contribution in [-0.4, -0.2) is 21.8 Å². The first-order chi connectivity index (χ1) is 7.27. The molecule has 3 heteroatoms. The fraction of sp³-hybridized carbons (Fsp3) is 0.667. The third kappa shape index (κ3) is 2.61. The zero-order valence-corrected chi connectivity index (χ0v) is 9.32. The number of aryl methyl sites for hydroxylation is 1. The van der Waals surface area contributed by atoms with E-state index < -0.39 is 0 Å². The lowest BCUT2D eigenvalue weighted by Crippen LogP contribution is -2.41. The normalized spacial score (nSPS) is 26.8. The molecule has 1 heterocycles. The van der Waals surface area contributed by atoms with E-state index in [2.05, 4.69) is 16.0 Å². The predicted molar refractivity (Wildman–Crippen MR) is 60.5 cm³/mol. The zero-order chi connectivity index (χ0) is 10.7. The monoisotopic (exact) mass is 208 g/mol. The average molecular weight is 208 g/mol. The molecule has 0 unspecified atom stereocenters. The summed E-state index contributed by atoms with van der Waals surface area (Å²) in [5, 5.41) is 13.2. The van der Waals surface area contributed by atoms with E-state index in [1.54, 1.807) is 0 Å². The highest BCUT2D eigenvalue weighted by atomic mass is 16.3. The van der Waals surface area contributed by atoms with Crippen LogP contribution in [0, 0.1) is 0 Å². The highest BCUT2D eigenvalue weighted by Crippen LogP contribution is 2.18. The Balaban J connectivity index is 1.84. The second-order valence-electron chi connectivity index (χ2n) is 4.45. The molecule has 0 radical (unpaired) electrons. The van der Waals surface area contributed by atoms with Crippen molar-refractivity contribution in [3.63, 3.8) is 0 Å². The summed E-state index contributed by atoms with van der Waals surface area (Å²) in [5.41, 5.74) is 1.27. The number of hydrogen-bond donors (Lipinski definition) is 2. The van der Waals surface area contributed by atoms with E-state index in [0.29, 0.717) is 0 Å².